The SMILES string of the molecule is CCCCCCCCC(=O)O.OCCOCCOCCO. The Bertz CT molecular complexity index is 191. The third kappa shape index (κ3) is 28.3. The fourth-order valence-electron chi connectivity index (χ4n) is 1.51. The van der Waals surface area contributed by atoms with Crippen LogP contribution in [0.3, 0.4) is 0 Å². The average molecular weight is 308 g/mol. The molecule has 0 aliphatic rings. The van der Waals surface area contributed by atoms with E-state index in [0.717, 1.165) is 12.8 Å². The Balaban J connectivity index is 0. The normalized spacial score (nSPS) is 10.0. The molecule has 0 aliphatic heterocycles. The predicted octanol–water partition coefficient (Wildman–Crippen LogP) is 1.83. The van der Waals surface area contributed by atoms with Crippen molar-refractivity contribution in [2.45, 2.75) is 51.9 Å². The number of aliphatic hydroxyl groups is 2. The van der Waals surface area contributed by atoms with Gasteiger partial charge >= 0.3 is 5.97 Å². The molecule has 0 fully saturated rings. The van der Waals surface area contributed by atoms with Gasteiger partial charge in [-0.05, 0) is 6.42 Å². The van der Waals surface area contributed by atoms with Crippen molar-refractivity contribution in [2.75, 3.05) is 39.6 Å². The molecule has 21 heavy (non-hydrogen) atoms. The molecule has 0 heterocycles. The van der Waals surface area contributed by atoms with Crippen molar-refractivity contribution < 1.29 is 29.6 Å². The van der Waals surface area contributed by atoms with E-state index in [4.69, 9.17) is 24.8 Å². The lowest BCUT2D eigenvalue weighted by atomic mass is 10.1. The summed E-state index contributed by atoms with van der Waals surface area (Å²) in [4.78, 5) is 10.1. The summed E-state index contributed by atoms with van der Waals surface area (Å²) in [6.07, 6.45) is 7.25. The second-order valence-corrected chi connectivity index (χ2v) is 4.58. The van der Waals surface area contributed by atoms with Gasteiger partial charge in [-0.3, -0.25) is 4.79 Å². The van der Waals surface area contributed by atoms with Crippen LogP contribution in [0.15, 0.2) is 0 Å². The quantitative estimate of drug-likeness (QED) is 0.424. The van der Waals surface area contributed by atoms with E-state index in [1.165, 1.54) is 25.7 Å². The maximum Gasteiger partial charge on any atom is 0.303 e. The molecular formula is C15H32O6. The molecule has 0 aliphatic carbocycles. The average Bonchev–Trinajstić information content (AvgIpc) is 2.47. The summed E-state index contributed by atoms with van der Waals surface area (Å²) in [5, 5.41) is 24.8. The molecule has 0 aromatic heterocycles. The molecule has 6 nitrogen and oxygen atoms in total. The van der Waals surface area contributed by atoms with Crippen LogP contribution in [0.5, 0.6) is 0 Å². The first kappa shape index (κ1) is 22.6. The van der Waals surface area contributed by atoms with Gasteiger partial charge in [0.25, 0.3) is 0 Å². The lowest BCUT2D eigenvalue weighted by molar-refractivity contribution is -0.137. The molecule has 0 spiro atoms. The van der Waals surface area contributed by atoms with Crippen molar-refractivity contribution in [3.05, 3.63) is 0 Å². The van der Waals surface area contributed by atoms with Crippen molar-refractivity contribution >= 4 is 5.97 Å². The van der Waals surface area contributed by atoms with Crippen LogP contribution in [-0.2, 0) is 14.3 Å². The molecule has 6 heteroatoms. The van der Waals surface area contributed by atoms with Gasteiger partial charge in [0.1, 0.15) is 0 Å². The van der Waals surface area contributed by atoms with Crippen LogP contribution in [-0.4, -0.2) is 60.9 Å². The number of ether oxygens (including phenoxy) is 2. The van der Waals surface area contributed by atoms with Gasteiger partial charge < -0.3 is 24.8 Å². The molecule has 128 valence electrons. The predicted molar refractivity (Wildman–Crippen MR) is 81.4 cm³/mol. The number of aliphatic hydroxyl groups excluding tert-OH is 2. The maximum absolute atomic E-state index is 10.1. The summed E-state index contributed by atoms with van der Waals surface area (Å²) in [5.41, 5.74) is 0. The summed E-state index contributed by atoms with van der Waals surface area (Å²) >= 11 is 0. The number of aliphatic carboxylic acids is 1. The topological polar surface area (TPSA) is 96.2 Å². The number of carbonyl (C=O) groups is 1. The number of hydrogen-bond donors (Lipinski definition) is 3. The van der Waals surface area contributed by atoms with Crippen molar-refractivity contribution in [3.63, 3.8) is 0 Å². The Morgan fingerprint density at radius 2 is 1.29 bits per heavy atom. The number of rotatable bonds is 14. The van der Waals surface area contributed by atoms with E-state index in [2.05, 4.69) is 6.92 Å². The minimum absolute atomic E-state index is 0.0417. The molecule has 0 rings (SSSR count). The minimum Gasteiger partial charge on any atom is -0.481 e. The zero-order valence-corrected chi connectivity index (χ0v) is 13.3. The van der Waals surface area contributed by atoms with E-state index >= 15 is 0 Å². The van der Waals surface area contributed by atoms with Gasteiger partial charge in [0.2, 0.25) is 0 Å². The standard InChI is InChI=1S/C9H18O2.C6H14O4/c1-2-3-4-5-6-7-8-9(10)11;7-1-3-9-5-6-10-4-2-8/h2-8H2,1H3,(H,10,11);7-8H,1-6H2. The molecule has 3 N–H and O–H groups in total. The van der Waals surface area contributed by atoms with Crippen LogP contribution < -0.4 is 0 Å². The molecule has 0 radical (unpaired) electrons. The zero-order valence-electron chi connectivity index (χ0n) is 13.3. The first-order chi connectivity index (χ1) is 10.2. The van der Waals surface area contributed by atoms with Crippen LogP contribution in [0, 0.1) is 0 Å². The van der Waals surface area contributed by atoms with E-state index in [9.17, 15) is 4.79 Å². The van der Waals surface area contributed by atoms with Crippen molar-refractivity contribution in [3.8, 4) is 0 Å². The van der Waals surface area contributed by atoms with Gasteiger partial charge in [0, 0.05) is 6.42 Å². The lowest BCUT2D eigenvalue weighted by Gasteiger charge is -2.01. The second kappa shape index (κ2) is 21.6. The van der Waals surface area contributed by atoms with E-state index in [0.29, 0.717) is 32.8 Å². The number of unbranched alkanes of at least 4 members (excludes halogenated alkanes) is 5. The highest BCUT2D eigenvalue weighted by atomic mass is 16.5. The maximum atomic E-state index is 10.1. The van der Waals surface area contributed by atoms with Gasteiger partial charge in [-0.1, -0.05) is 39.0 Å². The molecule has 0 bridgehead atoms. The fourth-order valence-corrected chi connectivity index (χ4v) is 1.51. The molecule has 0 aromatic rings. The number of hydrogen-bond acceptors (Lipinski definition) is 5. The lowest BCUT2D eigenvalue weighted by Crippen LogP contribution is -2.09. The Kier molecular flexibility index (Phi) is 23.2. The molecule has 0 saturated carbocycles. The molecule has 0 saturated heterocycles. The van der Waals surface area contributed by atoms with Crippen LogP contribution >= 0.6 is 0 Å². The Labute approximate surface area is 128 Å². The van der Waals surface area contributed by atoms with Crippen molar-refractivity contribution in [2.24, 2.45) is 0 Å². The Morgan fingerprint density at radius 1 is 0.810 bits per heavy atom. The van der Waals surface area contributed by atoms with Crippen LogP contribution in [0.1, 0.15) is 51.9 Å². The summed E-state index contributed by atoms with van der Waals surface area (Å²) in [6, 6.07) is 0. The molecule has 0 atom stereocenters. The first-order valence-corrected chi connectivity index (χ1v) is 7.78. The molecule has 0 amide bonds. The fraction of sp³-hybridized carbons (Fsp3) is 0.933. The van der Waals surface area contributed by atoms with E-state index < -0.39 is 5.97 Å². The highest BCUT2D eigenvalue weighted by Gasteiger charge is 1.95. The third-order valence-electron chi connectivity index (χ3n) is 2.59. The first-order valence-electron chi connectivity index (χ1n) is 7.78. The van der Waals surface area contributed by atoms with Gasteiger partial charge in [0.05, 0.1) is 39.6 Å². The number of carboxylic acid groups (broad SMARTS) is 1. The third-order valence-corrected chi connectivity index (χ3v) is 2.59. The summed E-state index contributed by atoms with van der Waals surface area (Å²) in [5.74, 6) is -0.666. The largest absolute Gasteiger partial charge is 0.481 e. The minimum atomic E-state index is -0.666. The molecule has 0 unspecified atom stereocenters. The zero-order chi connectivity index (χ0) is 16.2. The Hall–Kier alpha value is -0.690. The van der Waals surface area contributed by atoms with Crippen LogP contribution in [0.4, 0.5) is 0 Å². The summed E-state index contributed by atoms with van der Waals surface area (Å²) in [7, 11) is 0. The Morgan fingerprint density at radius 3 is 1.71 bits per heavy atom. The van der Waals surface area contributed by atoms with E-state index in [1.54, 1.807) is 0 Å². The highest BCUT2D eigenvalue weighted by molar-refractivity contribution is 5.66. The monoisotopic (exact) mass is 308 g/mol. The van der Waals surface area contributed by atoms with E-state index in [-0.39, 0.29) is 13.2 Å². The smallest absolute Gasteiger partial charge is 0.303 e. The molecule has 0 aromatic carbocycles. The molecular weight excluding hydrogens is 276 g/mol. The van der Waals surface area contributed by atoms with Gasteiger partial charge in [-0.15, -0.1) is 0 Å². The van der Waals surface area contributed by atoms with Gasteiger partial charge in [-0.25, -0.2) is 0 Å². The van der Waals surface area contributed by atoms with Crippen LogP contribution in [0.2, 0.25) is 0 Å². The van der Waals surface area contributed by atoms with Crippen LogP contribution in [0.25, 0.3) is 0 Å². The van der Waals surface area contributed by atoms with Gasteiger partial charge in [-0.2, -0.15) is 0 Å². The second-order valence-electron chi connectivity index (χ2n) is 4.58. The summed E-state index contributed by atoms with van der Waals surface area (Å²) < 4.78 is 9.75. The van der Waals surface area contributed by atoms with Crippen molar-refractivity contribution in [1.29, 1.82) is 0 Å². The van der Waals surface area contributed by atoms with E-state index in [1.807, 2.05) is 0 Å². The highest BCUT2D eigenvalue weighted by Crippen LogP contribution is 2.06. The summed E-state index contributed by atoms with van der Waals surface area (Å²) in [6.45, 7) is 3.91. The van der Waals surface area contributed by atoms with Crippen molar-refractivity contribution in [1.82, 2.24) is 0 Å². The number of carboxylic acids is 1. The van der Waals surface area contributed by atoms with Gasteiger partial charge in [0.15, 0.2) is 0 Å².